The van der Waals surface area contributed by atoms with E-state index in [4.69, 9.17) is 4.74 Å². The molecule has 0 saturated heterocycles. The zero-order chi connectivity index (χ0) is 13.3. The molecule has 98 valence electrons. The number of rotatable bonds is 3. The Kier molecular flexibility index (Phi) is 3.95. The Hall–Kier alpha value is -1.03. The summed E-state index contributed by atoms with van der Waals surface area (Å²) in [7, 11) is 1.59. The van der Waals surface area contributed by atoms with Crippen LogP contribution in [-0.2, 0) is 17.6 Å². The van der Waals surface area contributed by atoms with Gasteiger partial charge in [-0.15, -0.1) is 0 Å². The number of halogens is 1. The summed E-state index contributed by atoms with van der Waals surface area (Å²) in [6.45, 7) is 1.70. The number of hydrogen-bond acceptors (Lipinski definition) is 2. The summed E-state index contributed by atoms with van der Waals surface area (Å²) in [6.07, 6.45) is 4.42. The van der Waals surface area contributed by atoms with Gasteiger partial charge >= 0.3 is 5.97 Å². The molecule has 1 atom stereocenters. The molecular formula is C14H17BrO3. The molecule has 0 amide bonds. The van der Waals surface area contributed by atoms with E-state index in [-0.39, 0.29) is 0 Å². The van der Waals surface area contributed by atoms with Gasteiger partial charge in [0.15, 0.2) is 0 Å². The number of fused-ring (bicyclic) bond motifs is 1. The van der Waals surface area contributed by atoms with Crippen LogP contribution in [0.15, 0.2) is 10.5 Å². The van der Waals surface area contributed by atoms with Crippen LogP contribution >= 0.6 is 15.9 Å². The van der Waals surface area contributed by atoms with Crippen molar-refractivity contribution in [3.05, 3.63) is 27.2 Å². The van der Waals surface area contributed by atoms with Crippen molar-refractivity contribution in [2.45, 2.75) is 38.5 Å². The van der Waals surface area contributed by atoms with Crippen molar-refractivity contribution < 1.29 is 14.6 Å². The summed E-state index contributed by atoms with van der Waals surface area (Å²) < 4.78 is 6.34. The normalized spacial score (nSPS) is 15.9. The molecule has 1 aliphatic carbocycles. The molecule has 0 saturated carbocycles. The van der Waals surface area contributed by atoms with Gasteiger partial charge in [0.25, 0.3) is 0 Å². The minimum Gasteiger partial charge on any atom is -0.495 e. The fourth-order valence-corrected chi connectivity index (χ4v) is 3.36. The molecule has 3 nitrogen and oxygen atoms in total. The molecule has 0 heterocycles. The third-order valence-electron chi connectivity index (χ3n) is 3.61. The van der Waals surface area contributed by atoms with Crippen LogP contribution in [0.2, 0.25) is 0 Å². The van der Waals surface area contributed by atoms with Crippen LogP contribution in [-0.4, -0.2) is 18.2 Å². The number of aliphatic carboxylic acids is 1. The number of carboxylic acid groups (broad SMARTS) is 1. The molecule has 0 spiro atoms. The van der Waals surface area contributed by atoms with E-state index >= 15 is 0 Å². The second-order valence-electron chi connectivity index (χ2n) is 4.72. The van der Waals surface area contributed by atoms with E-state index < -0.39 is 11.9 Å². The summed E-state index contributed by atoms with van der Waals surface area (Å²) in [5.74, 6) is -0.704. The lowest BCUT2D eigenvalue weighted by Gasteiger charge is -2.23. The van der Waals surface area contributed by atoms with Gasteiger partial charge in [0, 0.05) is 5.56 Å². The smallest absolute Gasteiger partial charge is 0.310 e. The summed E-state index contributed by atoms with van der Waals surface area (Å²) in [4.78, 5) is 11.2. The van der Waals surface area contributed by atoms with Gasteiger partial charge in [-0.2, -0.15) is 0 Å². The standard InChI is InChI=1S/C14H17BrO3/c1-8(14(16)17)11-7-9-5-3-4-6-10(9)12(15)13(11)18-2/h7-8H,3-6H2,1-2H3,(H,16,17). The molecule has 0 bridgehead atoms. The van der Waals surface area contributed by atoms with Crippen LogP contribution in [0.1, 0.15) is 42.4 Å². The quantitative estimate of drug-likeness (QED) is 0.928. The lowest BCUT2D eigenvalue weighted by Crippen LogP contribution is -2.13. The van der Waals surface area contributed by atoms with Crippen molar-refractivity contribution in [1.82, 2.24) is 0 Å². The van der Waals surface area contributed by atoms with Crippen LogP contribution in [0.5, 0.6) is 5.75 Å². The number of hydrogen-bond donors (Lipinski definition) is 1. The summed E-state index contributed by atoms with van der Waals surface area (Å²) in [6, 6.07) is 2.01. The second kappa shape index (κ2) is 5.31. The highest BCUT2D eigenvalue weighted by Crippen LogP contribution is 2.41. The van der Waals surface area contributed by atoms with Gasteiger partial charge < -0.3 is 9.84 Å². The number of carboxylic acids is 1. The Morgan fingerprint density at radius 1 is 1.44 bits per heavy atom. The SMILES string of the molecule is COc1c(C(C)C(=O)O)cc2c(c1Br)CCCC2. The largest absolute Gasteiger partial charge is 0.495 e. The van der Waals surface area contributed by atoms with E-state index in [1.165, 1.54) is 24.0 Å². The molecule has 1 aromatic rings. The number of carbonyl (C=O) groups is 1. The molecule has 4 heteroatoms. The first-order valence-corrected chi connectivity index (χ1v) is 6.96. The van der Waals surface area contributed by atoms with Crippen LogP contribution in [0, 0.1) is 0 Å². The molecule has 0 aliphatic heterocycles. The van der Waals surface area contributed by atoms with E-state index in [0.717, 1.165) is 22.9 Å². The summed E-state index contributed by atoms with van der Waals surface area (Å²) in [5.41, 5.74) is 3.30. The van der Waals surface area contributed by atoms with E-state index in [1.54, 1.807) is 14.0 Å². The maximum absolute atomic E-state index is 11.2. The maximum atomic E-state index is 11.2. The molecule has 1 N–H and O–H groups in total. The highest BCUT2D eigenvalue weighted by Gasteiger charge is 2.25. The van der Waals surface area contributed by atoms with Crippen molar-refractivity contribution in [3.63, 3.8) is 0 Å². The third kappa shape index (κ3) is 2.26. The number of benzene rings is 1. The molecule has 18 heavy (non-hydrogen) atoms. The summed E-state index contributed by atoms with van der Waals surface area (Å²) in [5, 5.41) is 9.18. The van der Waals surface area contributed by atoms with Crippen molar-refractivity contribution in [2.24, 2.45) is 0 Å². The third-order valence-corrected chi connectivity index (χ3v) is 4.45. The fourth-order valence-electron chi connectivity index (χ4n) is 2.52. The van der Waals surface area contributed by atoms with Gasteiger partial charge in [-0.1, -0.05) is 6.07 Å². The topological polar surface area (TPSA) is 46.5 Å². The summed E-state index contributed by atoms with van der Waals surface area (Å²) >= 11 is 3.58. The van der Waals surface area contributed by atoms with Gasteiger partial charge in [-0.3, -0.25) is 4.79 Å². The monoisotopic (exact) mass is 312 g/mol. The predicted octanol–water partition coefficient (Wildman–Crippen LogP) is 3.52. The van der Waals surface area contributed by atoms with Crippen LogP contribution in [0.3, 0.4) is 0 Å². The Morgan fingerprint density at radius 2 is 2.11 bits per heavy atom. The second-order valence-corrected chi connectivity index (χ2v) is 5.51. The molecule has 1 aromatic carbocycles. The first-order valence-electron chi connectivity index (χ1n) is 6.17. The van der Waals surface area contributed by atoms with E-state index in [0.29, 0.717) is 5.75 Å². The Balaban J connectivity index is 2.58. The van der Waals surface area contributed by atoms with Gasteiger partial charge in [-0.25, -0.2) is 0 Å². The average Bonchev–Trinajstić information content (AvgIpc) is 2.37. The number of methoxy groups -OCH3 is 1. The maximum Gasteiger partial charge on any atom is 0.310 e. The zero-order valence-electron chi connectivity index (χ0n) is 10.6. The molecule has 0 fully saturated rings. The van der Waals surface area contributed by atoms with E-state index in [1.807, 2.05) is 6.07 Å². The van der Waals surface area contributed by atoms with Gasteiger partial charge in [-0.05, 0) is 59.7 Å². The predicted molar refractivity (Wildman–Crippen MR) is 73.4 cm³/mol. The minimum atomic E-state index is -0.823. The van der Waals surface area contributed by atoms with Gasteiger partial charge in [0.2, 0.25) is 0 Å². The number of ether oxygens (including phenoxy) is 1. The van der Waals surface area contributed by atoms with Gasteiger partial charge in [0.05, 0.1) is 17.5 Å². The Bertz CT molecular complexity index is 482. The van der Waals surface area contributed by atoms with Crippen LogP contribution in [0.4, 0.5) is 0 Å². The van der Waals surface area contributed by atoms with Crippen molar-refractivity contribution >= 4 is 21.9 Å². The number of aryl methyl sites for hydroxylation is 1. The zero-order valence-corrected chi connectivity index (χ0v) is 12.2. The average molecular weight is 313 g/mol. The minimum absolute atomic E-state index is 0.552. The molecule has 1 aliphatic rings. The Labute approximate surface area is 115 Å². The lowest BCUT2D eigenvalue weighted by molar-refractivity contribution is -0.138. The molecule has 2 rings (SSSR count). The van der Waals surface area contributed by atoms with Crippen LogP contribution < -0.4 is 4.74 Å². The van der Waals surface area contributed by atoms with E-state index in [9.17, 15) is 9.90 Å². The first-order chi connectivity index (χ1) is 8.56. The molecule has 0 radical (unpaired) electrons. The molecular weight excluding hydrogens is 296 g/mol. The lowest BCUT2D eigenvalue weighted by atomic mass is 9.87. The first kappa shape index (κ1) is 13.4. The van der Waals surface area contributed by atoms with Crippen molar-refractivity contribution in [3.8, 4) is 5.75 Å². The van der Waals surface area contributed by atoms with Gasteiger partial charge in [0.1, 0.15) is 5.75 Å². The van der Waals surface area contributed by atoms with Crippen molar-refractivity contribution in [2.75, 3.05) is 7.11 Å². The highest BCUT2D eigenvalue weighted by molar-refractivity contribution is 9.10. The fraction of sp³-hybridized carbons (Fsp3) is 0.500. The molecule has 1 unspecified atom stereocenters. The highest BCUT2D eigenvalue weighted by atomic mass is 79.9. The van der Waals surface area contributed by atoms with Crippen LogP contribution in [0.25, 0.3) is 0 Å². The van der Waals surface area contributed by atoms with E-state index in [2.05, 4.69) is 15.9 Å². The van der Waals surface area contributed by atoms with Crippen molar-refractivity contribution in [1.29, 1.82) is 0 Å². The Morgan fingerprint density at radius 3 is 2.72 bits per heavy atom. The molecule has 0 aromatic heterocycles.